The molecule has 0 saturated carbocycles. The fourth-order valence-corrected chi connectivity index (χ4v) is 2.74. The summed E-state index contributed by atoms with van der Waals surface area (Å²) in [6, 6.07) is 7.06. The molecule has 0 aliphatic carbocycles. The van der Waals surface area contributed by atoms with Crippen LogP contribution in [0.15, 0.2) is 18.2 Å². The summed E-state index contributed by atoms with van der Waals surface area (Å²) in [5.41, 5.74) is 9.39. The smallest absolute Gasteiger partial charge is 0.0414 e. The summed E-state index contributed by atoms with van der Waals surface area (Å²) in [4.78, 5) is 4.96. The Hall–Kier alpha value is -1.22. The van der Waals surface area contributed by atoms with E-state index in [-0.39, 0.29) is 0 Å². The first kappa shape index (κ1) is 13.2. The third-order valence-corrected chi connectivity index (χ3v) is 3.97. The summed E-state index contributed by atoms with van der Waals surface area (Å²) in [6.45, 7) is 7.80. The first-order chi connectivity index (χ1) is 8.61. The molecular formula is C15H25N3. The van der Waals surface area contributed by atoms with E-state index in [2.05, 4.69) is 48.9 Å². The van der Waals surface area contributed by atoms with Gasteiger partial charge in [0.15, 0.2) is 0 Å². The van der Waals surface area contributed by atoms with Crippen LogP contribution in [0.2, 0.25) is 0 Å². The van der Waals surface area contributed by atoms with Gasteiger partial charge in [-0.05, 0) is 51.1 Å². The number of likely N-dealkylation sites (N-methyl/N-ethyl adjacent to an activating group) is 1. The van der Waals surface area contributed by atoms with E-state index in [1.165, 1.54) is 30.6 Å². The van der Waals surface area contributed by atoms with Gasteiger partial charge in [0.1, 0.15) is 0 Å². The molecule has 2 rings (SSSR count). The highest BCUT2D eigenvalue weighted by molar-refractivity contribution is 5.60. The van der Waals surface area contributed by atoms with Gasteiger partial charge in [-0.15, -0.1) is 0 Å². The SMILES string of the molecule is CCC1CN(C)CCCN1c1ccc(C)c(N)c1. The zero-order valence-corrected chi connectivity index (χ0v) is 11.8. The molecule has 1 heterocycles. The van der Waals surface area contributed by atoms with Gasteiger partial charge >= 0.3 is 0 Å². The van der Waals surface area contributed by atoms with E-state index in [1.807, 2.05) is 0 Å². The number of rotatable bonds is 2. The Morgan fingerprint density at radius 3 is 2.78 bits per heavy atom. The topological polar surface area (TPSA) is 32.5 Å². The van der Waals surface area contributed by atoms with Crippen LogP contribution in [0.1, 0.15) is 25.3 Å². The average Bonchev–Trinajstić information content (AvgIpc) is 2.54. The lowest BCUT2D eigenvalue weighted by molar-refractivity contribution is 0.328. The third kappa shape index (κ3) is 2.78. The van der Waals surface area contributed by atoms with Crippen LogP contribution in [0.3, 0.4) is 0 Å². The Balaban J connectivity index is 2.25. The molecule has 0 radical (unpaired) electrons. The number of hydrogen-bond donors (Lipinski definition) is 1. The minimum atomic E-state index is 0.597. The maximum absolute atomic E-state index is 6.04. The summed E-state index contributed by atoms with van der Waals surface area (Å²) in [6.07, 6.45) is 2.40. The fourth-order valence-electron chi connectivity index (χ4n) is 2.74. The van der Waals surface area contributed by atoms with Gasteiger partial charge in [0.25, 0.3) is 0 Å². The van der Waals surface area contributed by atoms with E-state index < -0.39 is 0 Å². The van der Waals surface area contributed by atoms with Crippen molar-refractivity contribution in [1.82, 2.24) is 4.90 Å². The van der Waals surface area contributed by atoms with Crippen LogP contribution in [0.25, 0.3) is 0 Å². The largest absolute Gasteiger partial charge is 0.398 e. The molecule has 1 aromatic carbocycles. The normalized spacial score (nSPS) is 21.9. The number of nitrogens with zero attached hydrogens (tertiary/aromatic N) is 2. The lowest BCUT2D eigenvalue weighted by Gasteiger charge is -2.32. The first-order valence-corrected chi connectivity index (χ1v) is 6.93. The average molecular weight is 247 g/mol. The minimum absolute atomic E-state index is 0.597. The molecule has 1 aliphatic heterocycles. The van der Waals surface area contributed by atoms with Crippen molar-refractivity contribution >= 4 is 11.4 Å². The van der Waals surface area contributed by atoms with Gasteiger partial charge in [0, 0.05) is 30.5 Å². The van der Waals surface area contributed by atoms with E-state index in [0.29, 0.717) is 6.04 Å². The molecular weight excluding hydrogens is 222 g/mol. The van der Waals surface area contributed by atoms with Crippen LogP contribution in [-0.2, 0) is 0 Å². The second kappa shape index (κ2) is 5.61. The lowest BCUT2D eigenvalue weighted by Crippen LogP contribution is -2.39. The second-order valence-electron chi connectivity index (χ2n) is 5.41. The van der Waals surface area contributed by atoms with Crippen LogP contribution < -0.4 is 10.6 Å². The van der Waals surface area contributed by atoms with Crippen LogP contribution in [0.4, 0.5) is 11.4 Å². The summed E-state index contributed by atoms with van der Waals surface area (Å²) in [5, 5.41) is 0. The predicted octanol–water partition coefficient (Wildman–Crippen LogP) is 2.50. The van der Waals surface area contributed by atoms with Gasteiger partial charge in [0.2, 0.25) is 0 Å². The van der Waals surface area contributed by atoms with Crippen LogP contribution in [0, 0.1) is 6.92 Å². The van der Waals surface area contributed by atoms with Crippen molar-refractivity contribution in [2.24, 2.45) is 0 Å². The van der Waals surface area contributed by atoms with Gasteiger partial charge in [-0.25, -0.2) is 0 Å². The molecule has 0 bridgehead atoms. The van der Waals surface area contributed by atoms with Gasteiger partial charge in [0.05, 0.1) is 0 Å². The van der Waals surface area contributed by atoms with E-state index >= 15 is 0 Å². The quantitative estimate of drug-likeness (QED) is 0.815. The van der Waals surface area contributed by atoms with Crippen molar-refractivity contribution in [1.29, 1.82) is 0 Å². The Bertz CT molecular complexity index is 403. The Morgan fingerprint density at radius 2 is 2.11 bits per heavy atom. The number of anilines is 2. The zero-order valence-electron chi connectivity index (χ0n) is 11.8. The monoisotopic (exact) mass is 247 g/mol. The van der Waals surface area contributed by atoms with E-state index in [0.717, 1.165) is 18.8 Å². The van der Waals surface area contributed by atoms with E-state index in [9.17, 15) is 0 Å². The fraction of sp³-hybridized carbons (Fsp3) is 0.600. The molecule has 1 fully saturated rings. The maximum Gasteiger partial charge on any atom is 0.0414 e. The van der Waals surface area contributed by atoms with Crippen molar-refractivity contribution in [3.8, 4) is 0 Å². The van der Waals surface area contributed by atoms with Crippen LogP contribution >= 0.6 is 0 Å². The highest BCUT2D eigenvalue weighted by atomic mass is 15.2. The molecule has 3 heteroatoms. The molecule has 0 spiro atoms. The molecule has 0 amide bonds. The lowest BCUT2D eigenvalue weighted by atomic mass is 10.1. The second-order valence-corrected chi connectivity index (χ2v) is 5.41. The number of nitrogens with two attached hydrogens (primary N) is 1. The van der Waals surface area contributed by atoms with Crippen molar-refractivity contribution in [3.05, 3.63) is 23.8 Å². The number of hydrogen-bond acceptors (Lipinski definition) is 3. The van der Waals surface area contributed by atoms with Crippen molar-refractivity contribution in [3.63, 3.8) is 0 Å². The van der Waals surface area contributed by atoms with Crippen molar-refractivity contribution in [2.75, 3.05) is 37.3 Å². The molecule has 2 N–H and O–H groups in total. The van der Waals surface area contributed by atoms with E-state index in [1.54, 1.807) is 0 Å². The molecule has 1 aromatic rings. The predicted molar refractivity (Wildman–Crippen MR) is 79.1 cm³/mol. The molecule has 1 unspecified atom stereocenters. The highest BCUT2D eigenvalue weighted by Gasteiger charge is 2.22. The number of nitrogen functional groups attached to an aromatic ring is 1. The van der Waals surface area contributed by atoms with Gasteiger partial charge in [-0.3, -0.25) is 0 Å². The molecule has 1 atom stereocenters. The Kier molecular flexibility index (Phi) is 4.12. The third-order valence-electron chi connectivity index (χ3n) is 3.97. The number of aryl methyl sites for hydroxylation is 1. The van der Waals surface area contributed by atoms with Crippen LogP contribution in [-0.4, -0.2) is 37.6 Å². The molecule has 1 saturated heterocycles. The highest BCUT2D eigenvalue weighted by Crippen LogP contribution is 2.25. The maximum atomic E-state index is 6.04. The summed E-state index contributed by atoms with van der Waals surface area (Å²) in [5.74, 6) is 0. The molecule has 18 heavy (non-hydrogen) atoms. The molecule has 3 nitrogen and oxygen atoms in total. The van der Waals surface area contributed by atoms with Crippen LogP contribution in [0.5, 0.6) is 0 Å². The summed E-state index contributed by atoms with van der Waals surface area (Å²) in [7, 11) is 2.22. The van der Waals surface area contributed by atoms with E-state index in [4.69, 9.17) is 5.73 Å². The summed E-state index contributed by atoms with van der Waals surface area (Å²) < 4.78 is 0. The number of benzene rings is 1. The minimum Gasteiger partial charge on any atom is -0.398 e. The first-order valence-electron chi connectivity index (χ1n) is 6.93. The van der Waals surface area contributed by atoms with Crippen molar-refractivity contribution in [2.45, 2.75) is 32.7 Å². The van der Waals surface area contributed by atoms with Gasteiger partial charge in [-0.1, -0.05) is 13.0 Å². The molecule has 0 aromatic heterocycles. The zero-order chi connectivity index (χ0) is 13.1. The molecule has 100 valence electrons. The Morgan fingerprint density at radius 1 is 1.33 bits per heavy atom. The molecule has 1 aliphatic rings. The van der Waals surface area contributed by atoms with Crippen molar-refractivity contribution < 1.29 is 0 Å². The summed E-state index contributed by atoms with van der Waals surface area (Å²) >= 11 is 0. The standard InChI is InChI=1S/C15H25N3/c1-4-13-11-17(3)8-5-9-18(13)14-7-6-12(2)15(16)10-14/h6-7,10,13H,4-5,8-9,11,16H2,1-3H3. The van der Waals surface area contributed by atoms with Gasteiger partial charge in [-0.2, -0.15) is 0 Å². The Labute approximate surface area is 111 Å². The van der Waals surface area contributed by atoms with Gasteiger partial charge < -0.3 is 15.5 Å².